The molecular formula is C19H16F2N4O3S. The smallest absolute Gasteiger partial charge is 0.246 e. The van der Waals surface area contributed by atoms with E-state index in [-0.39, 0.29) is 19.0 Å². The first-order valence-corrected chi connectivity index (χ1v) is 10.2. The SMILES string of the molecule is O=S(=O)(c1ccc(F)cc1F)N1CCC(Oc2nccnc2-c2ccncc2)C1. The van der Waals surface area contributed by atoms with Crippen molar-refractivity contribution in [1.29, 1.82) is 0 Å². The normalized spacial score (nSPS) is 17.4. The van der Waals surface area contributed by atoms with Crippen LogP contribution in [0, 0.1) is 11.6 Å². The Bertz CT molecular complexity index is 1130. The molecule has 2 aromatic heterocycles. The third-order valence-corrected chi connectivity index (χ3v) is 6.41. The molecular weight excluding hydrogens is 402 g/mol. The molecule has 0 amide bonds. The molecule has 1 aromatic carbocycles. The van der Waals surface area contributed by atoms with Gasteiger partial charge in [-0.1, -0.05) is 0 Å². The summed E-state index contributed by atoms with van der Waals surface area (Å²) in [5, 5.41) is 0. The summed E-state index contributed by atoms with van der Waals surface area (Å²) in [6.45, 7) is 0.167. The van der Waals surface area contributed by atoms with E-state index < -0.39 is 32.7 Å². The molecule has 7 nitrogen and oxygen atoms in total. The predicted octanol–water partition coefficient (Wildman–Crippen LogP) is 2.66. The summed E-state index contributed by atoms with van der Waals surface area (Å²) in [4.78, 5) is 11.9. The van der Waals surface area contributed by atoms with Crippen LogP contribution >= 0.6 is 0 Å². The van der Waals surface area contributed by atoms with Crippen molar-refractivity contribution < 1.29 is 21.9 Å². The lowest BCUT2D eigenvalue weighted by Gasteiger charge is -2.18. The number of hydrogen-bond donors (Lipinski definition) is 0. The predicted molar refractivity (Wildman–Crippen MR) is 99.4 cm³/mol. The molecule has 1 saturated heterocycles. The van der Waals surface area contributed by atoms with E-state index in [2.05, 4.69) is 15.0 Å². The van der Waals surface area contributed by atoms with Gasteiger partial charge >= 0.3 is 0 Å². The Kier molecular flexibility index (Phi) is 5.20. The highest BCUT2D eigenvalue weighted by atomic mass is 32.2. The molecule has 29 heavy (non-hydrogen) atoms. The lowest BCUT2D eigenvalue weighted by Crippen LogP contribution is -2.31. The third-order valence-electron chi connectivity index (χ3n) is 4.52. The maximum atomic E-state index is 14.0. The summed E-state index contributed by atoms with van der Waals surface area (Å²) in [6, 6.07) is 5.93. The first-order valence-electron chi connectivity index (χ1n) is 8.78. The molecule has 0 aliphatic carbocycles. The Labute approximate surface area is 166 Å². The number of pyridine rings is 1. The molecule has 1 atom stereocenters. The molecule has 0 bridgehead atoms. The van der Waals surface area contributed by atoms with E-state index in [4.69, 9.17) is 4.74 Å². The fourth-order valence-electron chi connectivity index (χ4n) is 3.11. The molecule has 1 unspecified atom stereocenters. The second-order valence-electron chi connectivity index (χ2n) is 6.41. The second kappa shape index (κ2) is 7.80. The maximum absolute atomic E-state index is 14.0. The molecule has 1 aliphatic heterocycles. The topological polar surface area (TPSA) is 85.3 Å². The monoisotopic (exact) mass is 418 g/mol. The maximum Gasteiger partial charge on any atom is 0.246 e. The van der Waals surface area contributed by atoms with Crippen LogP contribution in [0.5, 0.6) is 5.88 Å². The average molecular weight is 418 g/mol. The van der Waals surface area contributed by atoms with Crippen LogP contribution in [0.25, 0.3) is 11.3 Å². The molecule has 1 aliphatic rings. The zero-order valence-electron chi connectivity index (χ0n) is 15.1. The Morgan fingerprint density at radius 3 is 2.55 bits per heavy atom. The molecule has 4 rings (SSSR count). The standard InChI is InChI=1S/C19H16F2N4O3S/c20-14-1-2-17(16(21)11-14)29(26,27)25-10-5-15(12-25)28-19-18(23-8-9-24-19)13-3-6-22-7-4-13/h1-4,6-9,11,15H,5,10,12H2. The van der Waals surface area contributed by atoms with E-state index in [9.17, 15) is 17.2 Å². The van der Waals surface area contributed by atoms with Crippen LogP contribution in [0.1, 0.15) is 6.42 Å². The van der Waals surface area contributed by atoms with Crippen molar-refractivity contribution in [2.75, 3.05) is 13.1 Å². The van der Waals surface area contributed by atoms with Gasteiger partial charge in [0.25, 0.3) is 0 Å². The highest BCUT2D eigenvalue weighted by Crippen LogP contribution is 2.29. The van der Waals surface area contributed by atoms with Gasteiger partial charge in [0, 0.05) is 43.0 Å². The molecule has 150 valence electrons. The van der Waals surface area contributed by atoms with Crippen LogP contribution in [0.3, 0.4) is 0 Å². The van der Waals surface area contributed by atoms with Crippen LogP contribution in [-0.2, 0) is 10.0 Å². The molecule has 0 saturated carbocycles. The molecule has 3 aromatic rings. The zero-order chi connectivity index (χ0) is 20.4. The van der Waals surface area contributed by atoms with E-state index in [1.165, 1.54) is 12.4 Å². The number of hydrogen-bond acceptors (Lipinski definition) is 6. The molecule has 0 radical (unpaired) electrons. The Morgan fingerprint density at radius 1 is 1.03 bits per heavy atom. The van der Waals surface area contributed by atoms with Gasteiger partial charge in [-0.3, -0.25) is 4.98 Å². The number of rotatable bonds is 5. The molecule has 1 fully saturated rings. The van der Waals surface area contributed by atoms with Gasteiger partial charge in [0.05, 0.1) is 6.54 Å². The Morgan fingerprint density at radius 2 is 1.79 bits per heavy atom. The average Bonchev–Trinajstić information content (AvgIpc) is 3.18. The first kappa shape index (κ1) is 19.3. The van der Waals surface area contributed by atoms with Crippen LogP contribution in [-0.4, -0.2) is 46.9 Å². The van der Waals surface area contributed by atoms with Crippen molar-refractivity contribution in [3.63, 3.8) is 0 Å². The number of ether oxygens (including phenoxy) is 1. The van der Waals surface area contributed by atoms with Crippen molar-refractivity contribution in [2.24, 2.45) is 0 Å². The molecule has 0 spiro atoms. The van der Waals surface area contributed by atoms with Gasteiger partial charge in [-0.15, -0.1) is 0 Å². The first-order chi connectivity index (χ1) is 13.9. The molecule has 3 heterocycles. The summed E-state index contributed by atoms with van der Waals surface area (Å²) >= 11 is 0. The van der Waals surface area contributed by atoms with Crippen molar-refractivity contribution >= 4 is 10.0 Å². The van der Waals surface area contributed by atoms with E-state index in [1.807, 2.05) is 0 Å². The third kappa shape index (κ3) is 3.94. The highest BCUT2D eigenvalue weighted by Gasteiger charge is 2.35. The molecule has 10 heteroatoms. The van der Waals surface area contributed by atoms with E-state index >= 15 is 0 Å². The Hall–Kier alpha value is -2.98. The van der Waals surface area contributed by atoms with E-state index in [0.29, 0.717) is 18.2 Å². The minimum Gasteiger partial charge on any atom is -0.471 e. The number of sulfonamides is 1. The largest absolute Gasteiger partial charge is 0.471 e. The second-order valence-corrected chi connectivity index (χ2v) is 8.32. The highest BCUT2D eigenvalue weighted by molar-refractivity contribution is 7.89. The summed E-state index contributed by atoms with van der Waals surface area (Å²) in [6.07, 6.45) is 6.17. The summed E-state index contributed by atoms with van der Waals surface area (Å²) in [7, 11) is -4.11. The van der Waals surface area contributed by atoms with Crippen molar-refractivity contribution in [1.82, 2.24) is 19.3 Å². The van der Waals surface area contributed by atoms with Gasteiger partial charge in [0.1, 0.15) is 28.3 Å². The van der Waals surface area contributed by atoms with E-state index in [1.54, 1.807) is 24.5 Å². The summed E-state index contributed by atoms with van der Waals surface area (Å²) in [5.41, 5.74) is 1.28. The van der Waals surface area contributed by atoms with Gasteiger partial charge in [0.2, 0.25) is 15.9 Å². The van der Waals surface area contributed by atoms with Gasteiger partial charge in [-0.25, -0.2) is 27.2 Å². The fraction of sp³-hybridized carbons (Fsp3) is 0.211. The van der Waals surface area contributed by atoms with Gasteiger partial charge in [-0.05, 0) is 30.7 Å². The van der Waals surface area contributed by atoms with Gasteiger partial charge in [-0.2, -0.15) is 4.31 Å². The van der Waals surface area contributed by atoms with Crippen molar-refractivity contribution in [3.8, 4) is 17.1 Å². The van der Waals surface area contributed by atoms with Crippen molar-refractivity contribution in [3.05, 3.63) is 66.8 Å². The van der Waals surface area contributed by atoms with Gasteiger partial charge < -0.3 is 4.74 Å². The number of aromatic nitrogens is 3. The van der Waals surface area contributed by atoms with Crippen molar-refractivity contribution in [2.45, 2.75) is 17.4 Å². The van der Waals surface area contributed by atoms with Crippen LogP contribution in [0.2, 0.25) is 0 Å². The number of nitrogens with zero attached hydrogens (tertiary/aromatic N) is 4. The molecule has 0 N–H and O–H groups in total. The lowest BCUT2D eigenvalue weighted by atomic mass is 10.2. The van der Waals surface area contributed by atoms with Crippen LogP contribution < -0.4 is 4.74 Å². The minimum atomic E-state index is -4.11. The zero-order valence-corrected chi connectivity index (χ0v) is 15.9. The van der Waals surface area contributed by atoms with Crippen LogP contribution in [0.4, 0.5) is 8.78 Å². The summed E-state index contributed by atoms with van der Waals surface area (Å²) < 4.78 is 59.6. The quantitative estimate of drug-likeness (QED) is 0.633. The lowest BCUT2D eigenvalue weighted by molar-refractivity contribution is 0.207. The fourth-order valence-corrected chi connectivity index (χ4v) is 4.64. The Balaban J connectivity index is 1.53. The minimum absolute atomic E-state index is 0.0194. The number of benzene rings is 1. The number of halogens is 2. The van der Waals surface area contributed by atoms with E-state index in [0.717, 1.165) is 22.0 Å². The summed E-state index contributed by atoms with van der Waals surface area (Å²) in [5.74, 6) is -1.69. The van der Waals surface area contributed by atoms with Crippen LogP contribution in [0.15, 0.2) is 60.0 Å². The van der Waals surface area contributed by atoms with Gasteiger partial charge in [0.15, 0.2) is 0 Å².